The van der Waals surface area contributed by atoms with Gasteiger partial charge in [-0.05, 0) is 0 Å². The van der Waals surface area contributed by atoms with Gasteiger partial charge in [-0.2, -0.15) is 0 Å². The molecule has 0 spiro atoms. The number of aromatic nitrogens is 2. The first-order valence-electron chi connectivity index (χ1n) is 6.26. The van der Waals surface area contributed by atoms with Gasteiger partial charge in [0, 0.05) is 44.7 Å². The van der Waals surface area contributed by atoms with E-state index >= 15 is 0 Å². The van der Waals surface area contributed by atoms with Crippen LogP contribution in [0, 0.1) is 0 Å². The standard InChI is InChI=1S/C12H16N4O2S/c1-9(18)14-2-4-15(5-3-14)11-10(8-17)16-6-7-19-12(16)13-11/h6-7,17H,2-5,8H2,1H3. The summed E-state index contributed by atoms with van der Waals surface area (Å²) in [6.07, 6.45) is 1.92. The van der Waals surface area contributed by atoms with E-state index in [1.807, 2.05) is 20.9 Å². The number of imidazole rings is 1. The number of nitrogens with zero attached hydrogens (tertiary/aromatic N) is 4. The number of thiazole rings is 1. The Morgan fingerprint density at radius 1 is 1.42 bits per heavy atom. The molecule has 0 unspecified atom stereocenters. The lowest BCUT2D eigenvalue weighted by molar-refractivity contribution is -0.129. The lowest BCUT2D eigenvalue weighted by Gasteiger charge is -2.34. The van der Waals surface area contributed by atoms with Gasteiger partial charge in [0.2, 0.25) is 5.91 Å². The topological polar surface area (TPSA) is 61.1 Å². The number of carbonyl (C=O) groups excluding carboxylic acids is 1. The number of anilines is 1. The summed E-state index contributed by atoms with van der Waals surface area (Å²) in [5.41, 5.74) is 0.826. The van der Waals surface area contributed by atoms with Crippen LogP contribution < -0.4 is 4.90 Å². The Morgan fingerprint density at radius 2 is 2.16 bits per heavy atom. The first kappa shape index (κ1) is 12.4. The predicted molar refractivity (Wildman–Crippen MR) is 73.5 cm³/mol. The van der Waals surface area contributed by atoms with Gasteiger partial charge in [-0.3, -0.25) is 9.20 Å². The van der Waals surface area contributed by atoms with E-state index in [4.69, 9.17) is 0 Å². The molecule has 1 amide bonds. The molecular formula is C12H16N4O2S. The fourth-order valence-electron chi connectivity index (χ4n) is 2.45. The Balaban J connectivity index is 1.85. The number of fused-ring (bicyclic) bond motifs is 1. The summed E-state index contributed by atoms with van der Waals surface area (Å²) >= 11 is 1.56. The average molecular weight is 280 g/mol. The minimum absolute atomic E-state index is 0.0276. The molecule has 0 saturated carbocycles. The lowest BCUT2D eigenvalue weighted by Crippen LogP contribution is -2.48. The number of hydrogen-bond acceptors (Lipinski definition) is 5. The highest BCUT2D eigenvalue weighted by atomic mass is 32.1. The van der Waals surface area contributed by atoms with Crippen LogP contribution in [0.25, 0.3) is 4.96 Å². The van der Waals surface area contributed by atoms with Crippen LogP contribution in [-0.4, -0.2) is 51.5 Å². The fourth-order valence-corrected chi connectivity index (χ4v) is 3.18. The molecule has 0 aliphatic carbocycles. The predicted octanol–water partition coefficient (Wildman–Crippen LogP) is 0.557. The van der Waals surface area contributed by atoms with Crippen LogP contribution in [0.5, 0.6) is 0 Å². The smallest absolute Gasteiger partial charge is 0.219 e. The summed E-state index contributed by atoms with van der Waals surface area (Å²) in [7, 11) is 0. The zero-order chi connectivity index (χ0) is 13.4. The van der Waals surface area contributed by atoms with Crippen LogP contribution in [0.4, 0.5) is 5.82 Å². The molecule has 1 aliphatic rings. The van der Waals surface area contributed by atoms with Gasteiger partial charge in [-0.15, -0.1) is 11.3 Å². The van der Waals surface area contributed by atoms with Crippen LogP contribution in [0.1, 0.15) is 12.6 Å². The van der Waals surface area contributed by atoms with Crippen LogP contribution in [0.15, 0.2) is 11.6 Å². The first-order valence-corrected chi connectivity index (χ1v) is 7.14. The minimum Gasteiger partial charge on any atom is -0.390 e. The fraction of sp³-hybridized carbons (Fsp3) is 0.500. The Morgan fingerprint density at radius 3 is 2.79 bits per heavy atom. The molecule has 3 rings (SSSR count). The molecule has 0 bridgehead atoms. The maximum absolute atomic E-state index is 11.3. The van der Waals surface area contributed by atoms with Gasteiger partial charge in [-0.1, -0.05) is 0 Å². The van der Waals surface area contributed by atoms with E-state index in [0.717, 1.165) is 29.6 Å². The molecule has 0 radical (unpaired) electrons. The molecule has 1 saturated heterocycles. The van der Waals surface area contributed by atoms with Crippen molar-refractivity contribution in [3.8, 4) is 0 Å². The second-order valence-corrected chi connectivity index (χ2v) is 5.46. The van der Waals surface area contributed by atoms with Crippen molar-refractivity contribution in [3.05, 3.63) is 17.3 Å². The van der Waals surface area contributed by atoms with Gasteiger partial charge < -0.3 is 14.9 Å². The quantitative estimate of drug-likeness (QED) is 0.873. The van der Waals surface area contributed by atoms with Crippen molar-refractivity contribution >= 4 is 28.0 Å². The molecule has 2 aromatic heterocycles. The summed E-state index contributed by atoms with van der Waals surface area (Å²) in [5, 5.41) is 11.5. The molecule has 3 heterocycles. The van der Waals surface area contributed by atoms with E-state index in [1.54, 1.807) is 18.3 Å². The largest absolute Gasteiger partial charge is 0.390 e. The zero-order valence-electron chi connectivity index (χ0n) is 10.7. The number of carbonyl (C=O) groups is 1. The highest BCUT2D eigenvalue weighted by Gasteiger charge is 2.23. The third-order valence-corrected chi connectivity index (χ3v) is 4.27. The van der Waals surface area contributed by atoms with Crippen molar-refractivity contribution in [3.63, 3.8) is 0 Å². The first-order chi connectivity index (χ1) is 9.20. The summed E-state index contributed by atoms with van der Waals surface area (Å²) in [6.45, 7) is 4.52. The van der Waals surface area contributed by atoms with Gasteiger partial charge in [0.15, 0.2) is 10.8 Å². The molecule has 0 aromatic carbocycles. The van der Waals surface area contributed by atoms with Gasteiger partial charge in [0.1, 0.15) is 0 Å². The number of hydrogen-bond donors (Lipinski definition) is 1. The molecular weight excluding hydrogens is 264 g/mol. The highest BCUT2D eigenvalue weighted by Crippen LogP contribution is 2.25. The second kappa shape index (κ2) is 4.82. The number of aliphatic hydroxyl groups is 1. The van der Waals surface area contributed by atoms with E-state index in [1.165, 1.54) is 0 Å². The monoisotopic (exact) mass is 280 g/mol. The molecule has 1 aliphatic heterocycles. The normalized spacial score (nSPS) is 16.3. The number of aliphatic hydroxyl groups excluding tert-OH is 1. The third kappa shape index (κ3) is 2.08. The number of rotatable bonds is 2. The molecule has 7 heteroatoms. The van der Waals surface area contributed by atoms with E-state index in [9.17, 15) is 9.90 Å². The Labute approximate surface area is 114 Å². The van der Waals surface area contributed by atoms with E-state index in [2.05, 4.69) is 9.88 Å². The molecule has 1 fully saturated rings. The number of amides is 1. The highest BCUT2D eigenvalue weighted by molar-refractivity contribution is 7.15. The molecule has 102 valence electrons. The summed E-state index contributed by atoms with van der Waals surface area (Å²) < 4.78 is 1.93. The van der Waals surface area contributed by atoms with E-state index < -0.39 is 0 Å². The maximum atomic E-state index is 11.3. The second-order valence-electron chi connectivity index (χ2n) is 4.59. The van der Waals surface area contributed by atoms with Crippen LogP contribution in [0.3, 0.4) is 0 Å². The maximum Gasteiger partial charge on any atom is 0.219 e. The Kier molecular flexibility index (Phi) is 3.16. The van der Waals surface area contributed by atoms with Gasteiger partial charge >= 0.3 is 0 Å². The van der Waals surface area contributed by atoms with Crippen LogP contribution in [0.2, 0.25) is 0 Å². The van der Waals surface area contributed by atoms with Crippen molar-refractivity contribution in [2.24, 2.45) is 0 Å². The van der Waals surface area contributed by atoms with Crippen LogP contribution in [-0.2, 0) is 11.4 Å². The van der Waals surface area contributed by atoms with E-state index in [0.29, 0.717) is 13.1 Å². The summed E-state index contributed by atoms with van der Waals surface area (Å²) in [6, 6.07) is 0. The van der Waals surface area contributed by atoms with E-state index in [-0.39, 0.29) is 12.5 Å². The van der Waals surface area contributed by atoms with Crippen molar-refractivity contribution in [2.75, 3.05) is 31.1 Å². The van der Waals surface area contributed by atoms with Crippen molar-refractivity contribution in [1.82, 2.24) is 14.3 Å². The van der Waals surface area contributed by atoms with Crippen LogP contribution >= 0.6 is 11.3 Å². The Bertz CT molecular complexity index is 598. The minimum atomic E-state index is -0.0276. The molecule has 19 heavy (non-hydrogen) atoms. The number of piperazine rings is 1. The molecule has 1 N–H and O–H groups in total. The van der Waals surface area contributed by atoms with Crippen molar-refractivity contribution in [1.29, 1.82) is 0 Å². The van der Waals surface area contributed by atoms with Crippen molar-refractivity contribution < 1.29 is 9.90 Å². The van der Waals surface area contributed by atoms with Crippen molar-refractivity contribution in [2.45, 2.75) is 13.5 Å². The lowest BCUT2D eigenvalue weighted by atomic mass is 10.3. The molecule has 0 atom stereocenters. The van der Waals surface area contributed by atoms with Gasteiger partial charge in [-0.25, -0.2) is 4.98 Å². The SMILES string of the molecule is CC(=O)N1CCN(c2nc3sccn3c2CO)CC1. The van der Waals surface area contributed by atoms with Gasteiger partial charge in [0.05, 0.1) is 12.3 Å². The summed E-state index contributed by atoms with van der Waals surface area (Å²) in [4.78, 5) is 20.8. The molecule has 6 nitrogen and oxygen atoms in total. The average Bonchev–Trinajstić information content (AvgIpc) is 2.98. The summed E-state index contributed by atoms with van der Waals surface area (Å²) in [5.74, 6) is 0.963. The molecule has 2 aromatic rings. The van der Waals surface area contributed by atoms with Gasteiger partial charge in [0.25, 0.3) is 0 Å². The Hall–Kier alpha value is -1.60. The third-order valence-electron chi connectivity index (χ3n) is 3.51. The zero-order valence-corrected chi connectivity index (χ0v) is 11.6.